The zero-order chi connectivity index (χ0) is 13.1. The maximum atomic E-state index is 11.0. The van der Waals surface area contributed by atoms with Crippen LogP contribution < -0.4 is 16.2 Å². The summed E-state index contributed by atoms with van der Waals surface area (Å²) in [6.45, 7) is 0. The molecule has 0 spiro atoms. The van der Waals surface area contributed by atoms with Gasteiger partial charge in [0.05, 0.1) is 5.69 Å². The van der Waals surface area contributed by atoms with E-state index in [1.165, 1.54) is 0 Å². The van der Waals surface area contributed by atoms with Gasteiger partial charge >= 0.3 is 0 Å². The van der Waals surface area contributed by atoms with E-state index >= 15 is 0 Å². The zero-order valence-electron chi connectivity index (χ0n) is 9.39. The highest BCUT2D eigenvalue weighted by Crippen LogP contribution is 2.30. The summed E-state index contributed by atoms with van der Waals surface area (Å²) < 4.78 is 5.56. The number of benzene rings is 2. The Hall–Kier alpha value is -2.20. The number of amides is 1. The number of ether oxygens (including phenoxy) is 1. The highest BCUT2D eigenvalue weighted by atomic mass is 35.5. The van der Waals surface area contributed by atoms with Crippen LogP contribution in [0.15, 0.2) is 42.5 Å². The van der Waals surface area contributed by atoms with Gasteiger partial charge < -0.3 is 16.2 Å². The van der Waals surface area contributed by atoms with E-state index in [-0.39, 0.29) is 0 Å². The molecule has 0 fully saturated rings. The first kappa shape index (κ1) is 12.3. The molecule has 1 amide bonds. The number of halogens is 1. The summed E-state index contributed by atoms with van der Waals surface area (Å²) in [4.78, 5) is 11.0. The summed E-state index contributed by atoms with van der Waals surface area (Å²) in [7, 11) is 0. The summed E-state index contributed by atoms with van der Waals surface area (Å²) >= 11 is 5.86. The minimum absolute atomic E-state index is 0.369. The molecule has 0 aromatic heterocycles. The number of anilines is 1. The smallest absolute Gasteiger partial charge is 0.248 e. The van der Waals surface area contributed by atoms with Gasteiger partial charge in [0.15, 0.2) is 5.75 Å². The van der Waals surface area contributed by atoms with Crippen molar-refractivity contribution < 1.29 is 9.53 Å². The molecule has 2 aromatic carbocycles. The van der Waals surface area contributed by atoms with Gasteiger partial charge in [-0.25, -0.2) is 0 Å². The quantitative estimate of drug-likeness (QED) is 0.835. The highest BCUT2D eigenvalue weighted by Gasteiger charge is 2.06. The molecule has 0 radical (unpaired) electrons. The normalized spacial score (nSPS) is 10.1. The Morgan fingerprint density at radius 3 is 2.67 bits per heavy atom. The van der Waals surface area contributed by atoms with Crippen molar-refractivity contribution in [3.63, 3.8) is 0 Å². The number of hydrogen-bond donors (Lipinski definition) is 2. The van der Waals surface area contributed by atoms with Crippen molar-refractivity contribution in [3.05, 3.63) is 53.1 Å². The van der Waals surface area contributed by atoms with Gasteiger partial charge in [0.1, 0.15) is 5.75 Å². The fourth-order valence-corrected chi connectivity index (χ4v) is 1.60. The summed E-state index contributed by atoms with van der Waals surface area (Å²) in [5, 5.41) is 0.519. The van der Waals surface area contributed by atoms with Gasteiger partial charge in [0.2, 0.25) is 5.91 Å². The molecule has 2 rings (SSSR count). The molecule has 2 aromatic rings. The second kappa shape index (κ2) is 4.98. The fraction of sp³-hybridized carbons (Fsp3) is 0. The number of nitrogens with two attached hydrogens (primary N) is 2. The Balaban J connectivity index is 2.31. The number of rotatable bonds is 3. The van der Waals surface area contributed by atoms with Crippen molar-refractivity contribution >= 4 is 23.2 Å². The average Bonchev–Trinajstić information content (AvgIpc) is 2.34. The molecule has 18 heavy (non-hydrogen) atoms. The van der Waals surface area contributed by atoms with Gasteiger partial charge in [-0.1, -0.05) is 17.7 Å². The lowest BCUT2D eigenvalue weighted by Gasteiger charge is -2.09. The minimum atomic E-state index is -0.514. The van der Waals surface area contributed by atoms with E-state index in [0.29, 0.717) is 27.8 Å². The van der Waals surface area contributed by atoms with E-state index in [9.17, 15) is 4.79 Å². The topological polar surface area (TPSA) is 78.3 Å². The summed E-state index contributed by atoms with van der Waals surface area (Å²) in [6.07, 6.45) is 0. The fourth-order valence-electron chi connectivity index (χ4n) is 1.44. The molecule has 0 bridgehead atoms. The van der Waals surface area contributed by atoms with Crippen LogP contribution in [-0.2, 0) is 0 Å². The van der Waals surface area contributed by atoms with Crippen LogP contribution in [0.2, 0.25) is 5.02 Å². The molecule has 0 aliphatic heterocycles. The van der Waals surface area contributed by atoms with E-state index in [4.69, 9.17) is 27.8 Å². The lowest BCUT2D eigenvalue weighted by molar-refractivity contribution is 0.1000. The van der Waals surface area contributed by atoms with Crippen molar-refractivity contribution in [2.75, 3.05) is 5.73 Å². The van der Waals surface area contributed by atoms with Gasteiger partial charge in [-0.05, 0) is 30.3 Å². The van der Waals surface area contributed by atoms with Crippen LogP contribution in [0.1, 0.15) is 10.4 Å². The third-order valence-corrected chi connectivity index (χ3v) is 2.56. The second-order valence-corrected chi connectivity index (χ2v) is 4.11. The number of carbonyl (C=O) groups is 1. The molecular weight excluding hydrogens is 252 g/mol. The van der Waals surface area contributed by atoms with Crippen LogP contribution in [0.25, 0.3) is 0 Å². The lowest BCUT2D eigenvalue weighted by atomic mass is 10.2. The van der Waals surface area contributed by atoms with E-state index in [2.05, 4.69) is 0 Å². The number of carbonyl (C=O) groups excluding carboxylic acids is 1. The van der Waals surface area contributed by atoms with Crippen molar-refractivity contribution in [2.45, 2.75) is 0 Å². The van der Waals surface area contributed by atoms with Crippen LogP contribution >= 0.6 is 11.6 Å². The second-order valence-electron chi connectivity index (χ2n) is 3.68. The Kier molecular flexibility index (Phi) is 3.39. The van der Waals surface area contributed by atoms with Crippen molar-refractivity contribution in [1.29, 1.82) is 0 Å². The van der Waals surface area contributed by atoms with Crippen LogP contribution in [-0.4, -0.2) is 5.91 Å². The minimum Gasteiger partial charge on any atom is -0.455 e. The number of hydrogen-bond acceptors (Lipinski definition) is 3. The lowest BCUT2D eigenvalue weighted by Crippen LogP contribution is -2.10. The average molecular weight is 263 g/mol. The molecule has 5 heteroatoms. The number of nitrogen functional groups attached to an aromatic ring is 1. The highest BCUT2D eigenvalue weighted by molar-refractivity contribution is 6.30. The zero-order valence-corrected chi connectivity index (χ0v) is 10.1. The summed E-state index contributed by atoms with van der Waals surface area (Å²) in [6, 6.07) is 11.5. The van der Waals surface area contributed by atoms with Gasteiger partial charge in [0.25, 0.3) is 0 Å². The molecule has 0 saturated heterocycles. The Morgan fingerprint density at radius 2 is 1.94 bits per heavy atom. The third kappa shape index (κ3) is 2.73. The Bertz CT molecular complexity index is 599. The van der Waals surface area contributed by atoms with Crippen molar-refractivity contribution in [1.82, 2.24) is 0 Å². The van der Waals surface area contributed by atoms with Gasteiger partial charge in [-0.15, -0.1) is 0 Å². The van der Waals surface area contributed by atoms with Crippen LogP contribution in [0.4, 0.5) is 5.69 Å². The van der Waals surface area contributed by atoms with Crippen molar-refractivity contribution in [2.24, 2.45) is 5.73 Å². The Labute approximate surface area is 109 Å². The molecule has 0 heterocycles. The first-order chi connectivity index (χ1) is 8.56. The standard InChI is InChI=1S/C13H11ClN2O2/c14-9-4-5-11(15)12(7-9)18-10-3-1-2-8(6-10)13(16)17/h1-7H,15H2,(H2,16,17). The third-order valence-electron chi connectivity index (χ3n) is 2.32. The summed E-state index contributed by atoms with van der Waals surface area (Å²) in [5.41, 5.74) is 11.8. The van der Waals surface area contributed by atoms with E-state index in [0.717, 1.165) is 0 Å². The molecule has 0 aliphatic rings. The van der Waals surface area contributed by atoms with Crippen LogP contribution in [0.3, 0.4) is 0 Å². The molecule has 4 N–H and O–H groups in total. The molecule has 4 nitrogen and oxygen atoms in total. The molecule has 0 aliphatic carbocycles. The monoisotopic (exact) mass is 262 g/mol. The molecule has 0 unspecified atom stereocenters. The van der Waals surface area contributed by atoms with E-state index in [1.54, 1.807) is 42.5 Å². The van der Waals surface area contributed by atoms with Crippen LogP contribution in [0.5, 0.6) is 11.5 Å². The van der Waals surface area contributed by atoms with Gasteiger partial charge in [0, 0.05) is 16.7 Å². The molecular formula is C13H11ClN2O2. The van der Waals surface area contributed by atoms with Crippen molar-refractivity contribution in [3.8, 4) is 11.5 Å². The van der Waals surface area contributed by atoms with Crippen LogP contribution in [0, 0.1) is 0 Å². The van der Waals surface area contributed by atoms with Gasteiger partial charge in [-0.3, -0.25) is 4.79 Å². The van der Waals surface area contributed by atoms with Gasteiger partial charge in [-0.2, -0.15) is 0 Å². The largest absolute Gasteiger partial charge is 0.455 e. The maximum Gasteiger partial charge on any atom is 0.248 e. The first-order valence-electron chi connectivity index (χ1n) is 5.19. The first-order valence-corrected chi connectivity index (χ1v) is 5.57. The maximum absolute atomic E-state index is 11.0. The predicted octanol–water partition coefficient (Wildman–Crippen LogP) is 2.81. The SMILES string of the molecule is NC(=O)c1cccc(Oc2cc(Cl)ccc2N)c1. The Morgan fingerprint density at radius 1 is 1.17 bits per heavy atom. The molecule has 92 valence electrons. The number of primary amides is 1. The summed E-state index contributed by atoms with van der Waals surface area (Å²) in [5.74, 6) is 0.393. The van der Waals surface area contributed by atoms with E-state index < -0.39 is 5.91 Å². The molecule has 0 saturated carbocycles. The van der Waals surface area contributed by atoms with E-state index in [1.807, 2.05) is 0 Å². The predicted molar refractivity (Wildman–Crippen MR) is 70.9 cm³/mol. The molecule has 0 atom stereocenters.